The highest BCUT2D eigenvalue weighted by molar-refractivity contribution is 5.87. The Morgan fingerprint density at radius 3 is 2.71 bits per heavy atom. The highest BCUT2D eigenvalue weighted by atomic mass is 16.2. The van der Waals surface area contributed by atoms with E-state index in [0.29, 0.717) is 19.0 Å². The van der Waals surface area contributed by atoms with Gasteiger partial charge in [0.2, 0.25) is 11.8 Å². The van der Waals surface area contributed by atoms with Crippen LogP contribution in [0.15, 0.2) is 12.7 Å². The molecule has 0 heterocycles. The van der Waals surface area contributed by atoms with Gasteiger partial charge in [-0.3, -0.25) is 9.59 Å². The number of hydrogen-bond acceptors (Lipinski definition) is 2. The quantitative estimate of drug-likeness (QED) is 0.643. The molecule has 0 bridgehead atoms. The molecule has 1 aliphatic carbocycles. The SMILES string of the molecule is C=CC(=O)N(C)CCC(=O)NC1CC1. The van der Waals surface area contributed by atoms with Crippen LogP contribution >= 0.6 is 0 Å². The number of carbonyl (C=O) groups is 2. The minimum absolute atomic E-state index is 0.0243. The fourth-order valence-corrected chi connectivity index (χ4v) is 1.06. The molecule has 0 spiro atoms. The fraction of sp³-hybridized carbons (Fsp3) is 0.600. The van der Waals surface area contributed by atoms with Crippen LogP contribution in [0.1, 0.15) is 19.3 Å². The van der Waals surface area contributed by atoms with Gasteiger partial charge in [-0.25, -0.2) is 0 Å². The molecule has 2 amide bonds. The van der Waals surface area contributed by atoms with Crippen molar-refractivity contribution in [3.63, 3.8) is 0 Å². The molecule has 14 heavy (non-hydrogen) atoms. The van der Waals surface area contributed by atoms with Crippen molar-refractivity contribution in [2.24, 2.45) is 0 Å². The van der Waals surface area contributed by atoms with E-state index in [0.717, 1.165) is 12.8 Å². The molecule has 1 N–H and O–H groups in total. The van der Waals surface area contributed by atoms with Crippen LogP contribution in [0.3, 0.4) is 0 Å². The molecule has 4 heteroatoms. The lowest BCUT2D eigenvalue weighted by Crippen LogP contribution is -2.32. The van der Waals surface area contributed by atoms with Gasteiger partial charge in [0.05, 0.1) is 0 Å². The van der Waals surface area contributed by atoms with Gasteiger partial charge >= 0.3 is 0 Å². The Bertz CT molecular complexity index is 247. The Labute approximate surface area is 84.0 Å². The monoisotopic (exact) mass is 196 g/mol. The summed E-state index contributed by atoms with van der Waals surface area (Å²) in [6, 6.07) is 0.392. The molecule has 0 radical (unpaired) electrons. The predicted molar refractivity (Wildman–Crippen MR) is 53.6 cm³/mol. The second-order valence-corrected chi connectivity index (χ2v) is 3.56. The van der Waals surface area contributed by atoms with E-state index in [9.17, 15) is 9.59 Å². The highest BCUT2D eigenvalue weighted by Gasteiger charge is 2.23. The van der Waals surface area contributed by atoms with Crippen LogP contribution in [-0.4, -0.2) is 36.3 Å². The number of nitrogens with one attached hydrogen (secondary N) is 1. The normalized spacial score (nSPS) is 14.6. The Morgan fingerprint density at radius 1 is 1.57 bits per heavy atom. The minimum Gasteiger partial charge on any atom is -0.353 e. The summed E-state index contributed by atoms with van der Waals surface area (Å²) in [7, 11) is 1.66. The van der Waals surface area contributed by atoms with E-state index in [2.05, 4.69) is 11.9 Å². The first-order valence-electron chi connectivity index (χ1n) is 4.80. The van der Waals surface area contributed by atoms with E-state index in [1.54, 1.807) is 7.05 Å². The average molecular weight is 196 g/mol. The molecular weight excluding hydrogens is 180 g/mol. The van der Waals surface area contributed by atoms with Crippen LogP contribution in [0.5, 0.6) is 0 Å². The number of rotatable bonds is 5. The zero-order valence-corrected chi connectivity index (χ0v) is 8.45. The molecule has 0 aromatic heterocycles. The van der Waals surface area contributed by atoms with Gasteiger partial charge < -0.3 is 10.2 Å². The minimum atomic E-state index is -0.149. The van der Waals surface area contributed by atoms with Gasteiger partial charge in [0.15, 0.2) is 0 Å². The second kappa shape index (κ2) is 4.79. The summed E-state index contributed by atoms with van der Waals surface area (Å²) in [6.07, 6.45) is 3.80. The molecule has 1 rings (SSSR count). The predicted octanol–water partition coefficient (Wildman–Crippen LogP) is 0.299. The van der Waals surface area contributed by atoms with E-state index in [1.165, 1.54) is 11.0 Å². The summed E-state index contributed by atoms with van der Waals surface area (Å²) < 4.78 is 0. The maximum absolute atomic E-state index is 11.2. The second-order valence-electron chi connectivity index (χ2n) is 3.56. The average Bonchev–Trinajstić information content (AvgIpc) is 2.96. The number of carbonyl (C=O) groups excluding carboxylic acids is 2. The van der Waals surface area contributed by atoms with Gasteiger partial charge in [0.1, 0.15) is 0 Å². The third-order valence-electron chi connectivity index (χ3n) is 2.17. The zero-order chi connectivity index (χ0) is 10.6. The molecule has 0 saturated heterocycles. The van der Waals surface area contributed by atoms with E-state index in [-0.39, 0.29) is 11.8 Å². The third-order valence-corrected chi connectivity index (χ3v) is 2.17. The summed E-state index contributed by atoms with van der Waals surface area (Å²) >= 11 is 0. The molecule has 4 nitrogen and oxygen atoms in total. The van der Waals surface area contributed by atoms with Crippen LogP contribution in [0.2, 0.25) is 0 Å². The number of nitrogens with zero attached hydrogens (tertiary/aromatic N) is 1. The Balaban J connectivity index is 2.14. The molecular formula is C10H16N2O2. The van der Waals surface area contributed by atoms with Crippen molar-refractivity contribution in [3.8, 4) is 0 Å². The number of hydrogen-bond donors (Lipinski definition) is 1. The lowest BCUT2D eigenvalue weighted by Gasteiger charge is -2.14. The van der Waals surface area contributed by atoms with E-state index < -0.39 is 0 Å². The topological polar surface area (TPSA) is 49.4 Å². The zero-order valence-electron chi connectivity index (χ0n) is 8.45. The number of likely N-dealkylation sites (N-methyl/N-ethyl adjacent to an activating group) is 1. The van der Waals surface area contributed by atoms with Gasteiger partial charge in [-0.05, 0) is 18.9 Å². The molecule has 0 aromatic carbocycles. The van der Waals surface area contributed by atoms with Crippen molar-refractivity contribution in [2.45, 2.75) is 25.3 Å². The fourth-order valence-electron chi connectivity index (χ4n) is 1.06. The van der Waals surface area contributed by atoms with Crippen LogP contribution in [0, 0.1) is 0 Å². The highest BCUT2D eigenvalue weighted by Crippen LogP contribution is 2.18. The molecule has 1 aliphatic rings. The smallest absolute Gasteiger partial charge is 0.245 e. The lowest BCUT2D eigenvalue weighted by atomic mass is 10.3. The summed E-state index contributed by atoms with van der Waals surface area (Å²) in [4.78, 5) is 23.8. The van der Waals surface area contributed by atoms with E-state index in [1.807, 2.05) is 0 Å². The molecule has 0 aliphatic heterocycles. The molecule has 1 fully saturated rings. The first-order chi connectivity index (χ1) is 6.63. The van der Waals surface area contributed by atoms with Crippen LogP contribution in [0.25, 0.3) is 0 Å². The van der Waals surface area contributed by atoms with Crippen LogP contribution in [-0.2, 0) is 9.59 Å². The summed E-state index contributed by atoms with van der Waals surface area (Å²) in [6.45, 7) is 3.82. The van der Waals surface area contributed by atoms with Gasteiger partial charge in [0.25, 0.3) is 0 Å². The molecule has 0 atom stereocenters. The van der Waals surface area contributed by atoms with Crippen molar-refractivity contribution in [2.75, 3.05) is 13.6 Å². The first-order valence-corrected chi connectivity index (χ1v) is 4.80. The largest absolute Gasteiger partial charge is 0.353 e. The van der Waals surface area contributed by atoms with E-state index >= 15 is 0 Å². The van der Waals surface area contributed by atoms with Gasteiger partial charge in [0, 0.05) is 26.1 Å². The summed E-state index contributed by atoms with van der Waals surface area (Å²) in [5.74, 6) is -0.125. The lowest BCUT2D eigenvalue weighted by molar-refractivity contribution is -0.126. The van der Waals surface area contributed by atoms with Crippen molar-refractivity contribution < 1.29 is 9.59 Å². The third kappa shape index (κ3) is 3.60. The van der Waals surface area contributed by atoms with Crippen LogP contribution < -0.4 is 5.32 Å². The van der Waals surface area contributed by atoms with Crippen molar-refractivity contribution in [3.05, 3.63) is 12.7 Å². The maximum Gasteiger partial charge on any atom is 0.245 e. The molecule has 1 saturated carbocycles. The molecule has 0 unspecified atom stereocenters. The number of amides is 2. The first kappa shape index (κ1) is 10.8. The standard InChI is InChI=1S/C10H16N2O2/c1-3-10(14)12(2)7-6-9(13)11-8-4-5-8/h3,8H,1,4-7H2,2H3,(H,11,13). The molecule has 78 valence electrons. The van der Waals surface area contributed by atoms with Crippen molar-refractivity contribution in [1.29, 1.82) is 0 Å². The summed E-state index contributed by atoms with van der Waals surface area (Å²) in [5, 5.41) is 2.86. The maximum atomic E-state index is 11.2. The summed E-state index contributed by atoms with van der Waals surface area (Å²) in [5.41, 5.74) is 0. The van der Waals surface area contributed by atoms with Gasteiger partial charge in [-0.15, -0.1) is 0 Å². The van der Waals surface area contributed by atoms with E-state index in [4.69, 9.17) is 0 Å². The Morgan fingerprint density at radius 2 is 2.21 bits per heavy atom. The van der Waals surface area contributed by atoms with Gasteiger partial charge in [-0.2, -0.15) is 0 Å². The van der Waals surface area contributed by atoms with Crippen molar-refractivity contribution >= 4 is 11.8 Å². The van der Waals surface area contributed by atoms with Crippen molar-refractivity contribution in [1.82, 2.24) is 10.2 Å². The Kier molecular flexibility index (Phi) is 3.68. The Hall–Kier alpha value is -1.32. The molecule has 0 aromatic rings. The van der Waals surface area contributed by atoms with Crippen LogP contribution in [0.4, 0.5) is 0 Å². The van der Waals surface area contributed by atoms with Gasteiger partial charge in [-0.1, -0.05) is 6.58 Å².